The molecule has 0 aromatic heterocycles. The van der Waals surface area contributed by atoms with Crippen molar-refractivity contribution < 1.29 is 15.0 Å². The third kappa shape index (κ3) is 16.4. The number of unbranched alkanes of at least 4 members (excludes halogenated alkanes) is 1. The lowest BCUT2D eigenvalue weighted by molar-refractivity contribution is -0.120. The van der Waals surface area contributed by atoms with Crippen molar-refractivity contribution in [3.05, 3.63) is 96.7 Å². The zero-order valence-corrected chi connectivity index (χ0v) is 20.5. The lowest BCUT2D eigenvalue weighted by Crippen LogP contribution is -2.25. The van der Waals surface area contributed by atoms with Gasteiger partial charge in [0.05, 0.1) is 0 Å². The molecule has 4 heteroatoms. The number of amides is 1. The van der Waals surface area contributed by atoms with E-state index in [2.05, 4.69) is 79.1 Å². The van der Waals surface area contributed by atoms with Crippen molar-refractivity contribution in [2.75, 3.05) is 6.54 Å². The number of phenols is 2. The number of aromatic hydroxyl groups is 2. The summed E-state index contributed by atoms with van der Waals surface area (Å²) in [7, 11) is 0. The summed E-state index contributed by atoms with van der Waals surface area (Å²) in [6.07, 6.45) is 33.6. The average molecular weight is 464 g/mol. The summed E-state index contributed by atoms with van der Waals surface area (Å²) in [6, 6.07) is 4.70. The molecule has 0 spiro atoms. The SMILES string of the molecule is CCC/C=C/C=C/C/C=C/C/C=C/C/C=C/C/C=C\CCC(=O)NCCc1ccc(O)c(O)c1. The number of hydrogen-bond acceptors (Lipinski definition) is 3. The van der Waals surface area contributed by atoms with Gasteiger partial charge >= 0.3 is 0 Å². The molecule has 0 aliphatic heterocycles. The molecule has 0 radical (unpaired) electrons. The van der Waals surface area contributed by atoms with Gasteiger partial charge in [0, 0.05) is 13.0 Å². The molecule has 1 amide bonds. The monoisotopic (exact) mass is 463 g/mol. The highest BCUT2D eigenvalue weighted by atomic mass is 16.3. The van der Waals surface area contributed by atoms with Crippen LogP contribution < -0.4 is 5.32 Å². The van der Waals surface area contributed by atoms with Crippen LogP contribution in [0.1, 0.15) is 63.9 Å². The summed E-state index contributed by atoms with van der Waals surface area (Å²) in [5, 5.41) is 21.7. The molecule has 0 bridgehead atoms. The molecule has 34 heavy (non-hydrogen) atoms. The molecular weight excluding hydrogens is 422 g/mol. The van der Waals surface area contributed by atoms with Gasteiger partial charge in [-0.25, -0.2) is 0 Å². The van der Waals surface area contributed by atoms with Crippen LogP contribution in [0.25, 0.3) is 0 Å². The van der Waals surface area contributed by atoms with Crippen LogP contribution in [-0.4, -0.2) is 22.7 Å². The van der Waals surface area contributed by atoms with E-state index in [0.717, 1.165) is 44.1 Å². The van der Waals surface area contributed by atoms with Crippen LogP contribution in [0.4, 0.5) is 0 Å². The van der Waals surface area contributed by atoms with Crippen LogP contribution in [0, 0.1) is 0 Å². The summed E-state index contributed by atoms with van der Waals surface area (Å²) < 4.78 is 0. The van der Waals surface area contributed by atoms with Gasteiger partial charge < -0.3 is 15.5 Å². The first-order valence-electron chi connectivity index (χ1n) is 12.3. The van der Waals surface area contributed by atoms with E-state index in [0.29, 0.717) is 19.4 Å². The molecule has 0 fully saturated rings. The lowest BCUT2D eigenvalue weighted by Gasteiger charge is -2.05. The second-order valence-corrected chi connectivity index (χ2v) is 7.94. The first-order chi connectivity index (χ1) is 16.6. The van der Waals surface area contributed by atoms with Gasteiger partial charge in [0.2, 0.25) is 5.91 Å². The Hall–Kier alpha value is -3.27. The van der Waals surface area contributed by atoms with Gasteiger partial charge in [0.25, 0.3) is 0 Å². The molecule has 0 saturated heterocycles. The van der Waals surface area contributed by atoms with Gasteiger partial charge in [-0.15, -0.1) is 0 Å². The van der Waals surface area contributed by atoms with Crippen molar-refractivity contribution in [2.24, 2.45) is 0 Å². The molecule has 0 unspecified atom stereocenters. The third-order valence-corrected chi connectivity index (χ3v) is 4.91. The number of benzene rings is 1. The van der Waals surface area contributed by atoms with E-state index in [1.807, 2.05) is 6.08 Å². The zero-order chi connectivity index (χ0) is 24.7. The average Bonchev–Trinajstić information content (AvgIpc) is 2.83. The van der Waals surface area contributed by atoms with E-state index in [4.69, 9.17) is 0 Å². The van der Waals surface area contributed by atoms with Crippen LogP contribution in [0.5, 0.6) is 11.5 Å². The smallest absolute Gasteiger partial charge is 0.220 e. The molecule has 184 valence electrons. The second-order valence-electron chi connectivity index (χ2n) is 7.94. The molecule has 0 atom stereocenters. The molecule has 4 nitrogen and oxygen atoms in total. The van der Waals surface area contributed by atoms with Crippen LogP contribution >= 0.6 is 0 Å². The fraction of sp³-hybridized carbons (Fsp3) is 0.367. The molecule has 0 aliphatic carbocycles. The van der Waals surface area contributed by atoms with Crippen molar-refractivity contribution in [1.29, 1.82) is 0 Å². The minimum atomic E-state index is -0.138. The minimum Gasteiger partial charge on any atom is -0.504 e. The maximum absolute atomic E-state index is 11.9. The second kappa shape index (κ2) is 20.3. The molecular formula is C30H41NO3. The van der Waals surface area contributed by atoms with Crippen LogP contribution in [0.15, 0.2) is 91.1 Å². The number of carbonyl (C=O) groups excluding carboxylic acids is 1. The molecule has 3 N–H and O–H groups in total. The predicted molar refractivity (Wildman–Crippen MR) is 144 cm³/mol. The number of rotatable bonds is 17. The molecule has 0 aliphatic rings. The Kier molecular flexibility index (Phi) is 17.2. The number of phenolic OH excluding ortho intramolecular Hbond substituents is 2. The first kappa shape index (κ1) is 28.8. The standard InChI is InChI=1S/C30H41NO3/c1-2-3-4-5-6-7-8-9-10-11-12-13-14-15-16-17-18-19-20-21-30(34)31-25-24-27-22-23-28(32)29(33)26-27/h4-7,9-10,12-13,15-16,18-19,22-23,26,32-33H,2-3,8,11,14,17,20-21,24-25H2,1H3,(H,31,34)/b5-4+,7-6+,10-9+,13-12+,16-15+,19-18-. The van der Waals surface area contributed by atoms with Crippen LogP contribution in [0.3, 0.4) is 0 Å². The Morgan fingerprint density at radius 3 is 1.97 bits per heavy atom. The number of allylic oxidation sites excluding steroid dienone is 12. The van der Waals surface area contributed by atoms with Crippen molar-refractivity contribution in [3.8, 4) is 11.5 Å². The number of nitrogens with one attached hydrogen (secondary N) is 1. The van der Waals surface area contributed by atoms with Gasteiger partial charge in [-0.1, -0.05) is 92.3 Å². The van der Waals surface area contributed by atoms with Crippen LogP contribution in [0.2, 0.25) is 0 Å². The lowest BCUT2D eigenvalue weighted by atomic mass is 10.1. The fourth-order valence-corrected chi connectivity index (χ4v) is 2.98. The zero-order valence-electron chi connectivity index (χ0n) is 20.5. The van der Waals surface area contributed by atoms with Crippen molar-refractivity contribution in [3.63, 3.8) is 0 Å². The first-order valence-corrected chi connectivity index (χ1v) is 12.3. The maximum atomic E-state index is 11.9. The van der Waals surface area contributed by atoms with Crippen LogP contribution in [-0.2, 0) is 11.2 Å². The Morgan fingerprint density at radius 2 is 1.35 bits per heavy atom. The Balaban J connectivity index is 2.00. The van der Waals surface area contributed by atoms with E-state index < -0.39 is 0 Å². The predicted octanol–water partition coefficient (Wildman–Crippen LogP) is 7.23. The summed E-state index contributed by atoms with van der Waals surface area (Å²) >= 11 is 0. The Bertz CT molecular complexity index is 860. The van der Waals surface area contributed by atoms with E-state index in [-0.39, 0.29) is 17.4 Å². The normalized spacial score (nSPS) is 12.5. The fourth-order valence-electron chi connectivity index (χ4n) is 2.98. The summed E-state index contributed by atoms with van der Waals surface area (Å²) in [4.78, 5) is 11.9. The van der Waals surface area contributed by atoms with Crippen molar-refractivity contribution >= 4 is 5.91 Å². The molecule has 1 aromatic carbocycles. The van der Waals surface area contributed by atoms with Crippen molar-refractivity contribution in [1.82, 2.24) is 5.32 Å². The van der Waals surface area contributed by atoms with Gasteiger partial charge in [-0.3, -0.25) is 4.79 Å². The molecule has 0 saturated carbocycles. The molecule has 0 heterocycles. The van der Waals surface area contributed by atoms with Gasteiger partial charge in [0.15, 0.2) is 11.5 Å². The maximum Gasteiger partial charge on any atom is 0.220 e. The highest BCUT2D eigenvalue weighted by Crippen LogP contribution is 2.24. The third-order valence-electron chi connectivity index (χ3n) is 4.91. The Labute approximate surface area is 205 Å². The summed E-state index contributed by atoms with van der Waals surface area (Å²) in [6.45, 7) is 2.69. The summed E-state index contributed by atoms with van der Waals surface area (Å²) in [5.74, 6) is -0.257. The molecule has 1 aromatic rings. The highest BCUT2D eigenvalue weighted by Gasteiger charge is 2.02. The van der Waals surface area contributed by atoms with E-state index in [1.54, 1.807) is 6.07 Å². The topological polar surface area (TPSA) is 69.6 Å². The van der Waals surface area contributed by atoms with Gasteiger partial charge in [-0.2, -0.15) is 0 Å². The van der Waals surface area contributed by atoms with E-state index >= 15 is 0 Å². The van der Waals surface area contributed by atoms with Crippen molar-refractivity contribution in [2.45, 2.75) is 64.7 Å². The Morgan fingerprint density at radius 1 is 0.765 bits per heavy atom. The highest BCUT2D eigenvalue weighted by molar-refractivity contribution is 5.75. The quantitative estimate of drug-likeness (QED) is 0.130. The van der Waals surface area contributed by atoms with E-state index in [9.17, 15) is 15.0 Å². The minimum absolute atomic E-state index is 0.0159. The van der Waals surface area contributed by atoms with Gasteiger partial charge in [-0.05, 0) is 62.6 Å². The molecule has 1 rings (SSSR count). The van der Waals surface area contributed by atoms with E-state index in [1.165, 1.54) is 18.6 Å². The summed E-state index contributed by atoms with van der Waals surface area (Å²) in [5.41, 5.74) is 0.868. The number of hydrogen-bond donors (Lipinski definition) is 3. The number of carbonyl (C=O) groups is 1. The van der Waals surface area contributed by atoms with Gasteiger partial charge in [0.1, 0.15) is 0 Å². The largest absolute Gasteiger partial charge is 0.504 e.